The van der Waals surface area contributed by atoms with E-state index >= 15 is 0 Å². The summed E-state index contributed by atoms with van der Waals surface area (Å²) in [6.07, 6.45) is -0.651. The van der Waals surface area contributed by atoms with Gasteiger partial charge in [-0.25, -0.2) is 14.0 Å². The van der Waals surface area contributed by atoms with Gasteiger partial charge in [0, 0.05) is 19.3 Å². The summed E-state index contributed by atoms with van der Waals surface area (Å²) in [7, 11) is 1.53. The first-order valence-corrected chi connectivity index (χ1v) is 9.29. The van der Waals surface area contributed by atoms with Gasteiger partial charge in [0.05, 0.1) is 5.56 Å². The zero-order chi connectivity index (χ0) is 22.3. The van der Waals surface area contributed by atoms with Gasteiger partial charge in [-0.2, -0.15) is 0 Å². The Balaban J connectivity index is 1.89. The maximum atomic E-state index is 13.2. The second-order valence-electron chi connectivity index (χ2n) is 7.66. The van der Waals surface area contributed by atoms with Crippen LogP contribution in [0.1, 0.15) is 36.7 Å². The van der Waals surface area contributed by atoms with Gasteiger partial charge in [0.25, 0.3) is 5.91 Å². The number of rotatable bonds is 6. The number of halogens is 1. The fourth-order valence-corrected chi connectivity index (χ4v) is 2.46. The third-order valence-electron chi connectivity index (χ3n) is 3.80. The number of carbonyl (C=O) groups is 3. The summed E-state index contributed by atoms with van der Waals surface area (Å²) >= 11 is 0. The minimum Gasteiger partial charge on any atom is -0.452 e. The molecule has 0 atom stereocenters. The molecule has 0 bridgehead atoms. The molecular formula is C22H25FN2O5. The van der Waals surface area contributed by atoms with Crippen LogP contribution in [0.3, 0.4) is 0 Å². The molecule has 0 heterocycles. The number of esters is 1. The van der Waals surface area contributed by atoms with Crippen LogP contribution in [0.2, 0.25) is 0 Å². The molecule has 2 amide bonds. The summed E-state index contributed by atoms with van der Waals surface area (Å²) in [5.74, 6) is -1.54. The van der Waals surface area contributed by atoms with Crippen molar-refractivity contribution in [1.29, 1.82) is 0 Å². The van der Waals surface area contributed by atoms with Gasteiger partial charge in [-0.05, 0) is 56.7 Å². The van der Waals surface area contributed by atoms with E-state index in [2.05, 4.69) is 5.32 Å². The van der Waals surface area contributed by atoms with Crippen LogP contribution in [-0.2, 0) is 20.8 Å². The molecule has 0 aliphatic rings. The van der Waals surface area contributed by atoms with E-state index in [0.717, 1.165) is 0 Å². The topological polar surface area (TPSA) is 84.9 Å². The molecule has 0 radical (unpaired) electrons. The predicted octanol–water partition coefficient (Wildman–Crippen LogP) is 3.99. The lowest BCUT2D eigenvalue weighted by atomic mass is 10.2. The third-order valence-corrected chi connectivity index (χ3v) is 3.80. The molecule has 0 aliphatic carbocycles. The summed E-state index contributed by atoms with van der Waals surface area (Å²) in [6, 6.07) is 12.0. The predicted molar refractivity (Wildman–Crippen MR) is 109 cm³/mol. The molecule has 0 aliphatic heterocycles. The van der Waals surface area contributed by atoms with Gasteiger partial charge in [-0.3, -0.25) is 10.1 Å². The van der Waals surface area contributed by atoms with Crippen molar-refractivity contribution < 1.29 is 28.2 Å². The van der Waals surface area contributed by atoms with Crippen molar-refractivity contribution in [3.63, 3.8) is 0 Å². The molecule has 1 N–H and O–H groups in total. The Kier molecular flexibility index (Phi) is 7.52. The van der Waals surface area contributed by atoms with Gasteiger partial charge >= 0.3 is 12.1 Å². The first-order valence-electron chi connectivity index (χ1n) is 9.29. The summed E-state index contributed by atoms with van der Waals surface area (Å²) in [5, 5.41) is 2.53. The largest absolute Gasteiger partial charge is 0.452 e. The number of anilines is 1. The Labute approximate surface area is 174 Å². The van der Waals surface area contributed by atoms with Gasteiger partial charge in [0.1, 0.15) is 11.4 Å². The molecule has 0 fully saturated rings. The third kappa shape index (κ3) is 7.54. The van der Waals surface area contributed by atoms with Crippen molar-refractivity contribution in [3.05, 3.63) is 65.5 Å². The Hall–Kier alpha value is -3.42. The minimum atomic E-state index is -0.713. The number of ether oxygens (including phenoxy) is 2. The number of nitrogens with zero attached hydrogens (tertiary/aromatic N) is 1. The second kappa shape index (κ2) is 9.87. The number of hydrogen-bond donors (Lipinski definition) is 1. The number of benzene rings is 2. The van der Waals surface area contributed by atoms with Crippen LogP contribution in [0.25, 0.3) is 0 Å². The summed E-state index contributed by atoms with van der Waals surface area (Å²) in [5.41, 5.74) is 0.494. The molecule has 2 aromatic carbocycles. The zero-order valence-electron chi connectivity index (χ0n) is 17.4. The highest BCUT2D eigenvalue weighted by molar-refractivity contribution is 5.93. The summed E-state index contributed by atoms with van der Waals surface area (Å²) in [4.78, 5) is 37.6. The maximum Gasteiger partial charge on any atom is 0.412 e. The second-order valence-corrected chi connectivity index (χ2v) is 7.66. The van der Waals surface area contributed by atoms with E-state index in [1.54, 1.807) is 45.0 Å². The Morgan fingerprint density at radius 3 is 2.43 bits per heavy atom. The molecule has 8 heteroatoms. The first kappa shape index (κ1) is 22.9. The van der Waals surface area contributed by atoms with E-state index in [1.165, 1.54) is 36.2 Å². The summed E-state index contributed by atoms with van der Waals surface area (Å²) < 4.78 is 23.5. The van der Waals surface area contributed by atoms with Crippen molar-refractivity contribution >= 4 is 23.7 Å². The zero-order valence-corrected chi connectivity index (χ0v) is 17.4. The molecule has 0 saturated carbocycles. The van der Waals surface area contributed by atoms with Crippen LogP contribution in [0.5, 0.6) is 0 Å². The van der Waals surface area contributed by atoms with Crippen LogP contribution in [-0.4, -0.2) is 42.1 Å². The quantitative estimate of drug-likeness (QED) is 0.720. The van der Waals surface area contributed by atoms with Crippen LogP contribution in [0.15, 0.2) is 48.5 Å². The van der Waals surface area contributed by atoms with Crippen molar-refractivity contribution in [2.45, 2.75) is 32.9 Å². The summed E-state index contributed by atoms with van der Waals surface area (Å²) in [6.45, 7) is 4.94. The number of hydrogen-bond acceptors (Lipinski definition) is 5. The normalized spacial score (nSPS) is 10.8. The van der Waals surface area contributed by atoms with Gasteiger partial charge in [0.15, 0.2) is 6.61 Å². The average Bonchev–Trinajstić information content (AvgIpc) is 2.64. The smallest absolute Gasteiger partial charge is 0.412 e. The number of carbonyl (C=O) groups excluding carboxylic acids is 3. The van der Waals surface area contributed by atoms with E-state index in [0.29, 0.717) is 11.3 Å². The molecule has 0 spiro atoms. The lowest BCUT2D eigenvalue weighted by Crippen LogP contribution is -2.30. The Morgan fingerprint density at radius 1 is 1.07 bits per heavy atom. The van der Waals surface area contributed by atoms with Crippen molar-refractivity contribution in [2.75, 3.05) is 19.0 Å². The molecule has 160 valence electrons. The SMILES string of the molecule is CN(Cc1cccc(F)c1)C(=O)COC(=O)c1cccc(NC(=O)OC(C)(C)C)c1. The fraction of sp³-hybridized carbons (Fsp3) is 0.318. The average molecular weight is 416 g/mol. The monoisotopic (exact) mass is 416 g/mol. The van der Waals surface area contributed by atoms with Gasteiger partial charge in [-0.15, -0.1) is 0 Å². The highest BCUT2D eigenvalue weighted by Gasteiger charge is 2.18. The van der Waals surface area contributed by atoms with Crippen molar-refractivity contribution in [3.8, 4) is 0 Å². The molecule has 0 saturated heterocycles. The van der Waals surface area contributed by atoms with E-state index in [4.69, 9.17) is 9.47 Å². The lowest BCUT2D eigenvalue weighted by Gasteiger charge is -2.19. The van der Waals surface area contributed by atoms with Crippen molar-refractivity contribution in [2.24, 2.45) is 0 Å². The minimum absolute atomic E-state index is 0.171. The van der Waals surface area contributed by atoms with E-state index in [-0.39, 0.29) is 17.9 Å². The standard InChI is InChI=1S/C22H25FN2O5/c1-22(2,3)30-21(28)24-18-10-6-8-16(12-18)20(27)29-14-19(26)25(4)13-15-7-5-9-17(23)11-15/h5-12H,13-14H2,1-4H3,(H,24,28). The molecular weight excluding hydrogens is 391 g/mol. The number of amides is 2. The maximum absolute atomic E-state index is 13.2. The van der Waals surface area contributed by atoms with Crippen molar-refractivity contribution in [1.82, 2.24) is 4.90 Å². The van der Waals surface area contributed by atoms with E-state index in [9.17, 15) is 18.8 Å². The van der Waals surface area contributed by atoms with Gasteiger partial charge < -0.3 is 14.4 Å². The van der Waals surface area contributed by atoms with Crippen LogP contribution in [0.4, 0.5) is 14.9 Å². The first-order chi connectivity index (χ1) is 14.0. The highest BCUT2D eigenvalue weighted by Crippen LogP contribution is 2.14. The Bertz CT molecular complexity index is 924. The van der Waals surface area contributed by atoms with Crippen LogP contribution in [0, 0.1) is 5.82 Å². The van der Waals surface area contributed by atoms with Gasteiger partial charge in [-0.1, -0.05) is 18.2 Å². The van der Waals surface area contributed by atoms with Crippen LogP contribution >= 0.6 is 0 Å². The van der Waals surface area contributed by atoms with E-state index in [1.807, 2.05) is 0 Å². The molecule has 2 aromatic rings. The van der Waals surface area contributed by atoms with E-state index < -0.39 is 30.2 Å². The molecule has 2 rings (SSSR count). The lowest BCUT2D eigenvalue weighted by molar-refractivity contribution is -0.133. The fourth-order valence-electron chi connectivity index (χ4n) is 2.46. The molecule has 0 aromatic heterocycles. The number of nitrogens with one attached hydrogen (secondary N) is 1. The Morgan fingerprint density at radius 2 is 1.77 bits per heavy atom. The van der Waals surface area contributed by atoms with Gasteiger partial charge in [0.2, 0.25) is 0 Å². The highest BCUT2D eigenvalue weighted by atomic mass is 19.1. The molecule has 30 heavy (non-hydrogen) atoms. The number of likely N-dealkylation sites (N-methyl/N-ethyl adjacent to an activating group) is 1. The van der Waals surface area contributed by atoms with Crippen LogP contribution < -0.4 is 5.32 Å². The molecule has 7 nitrogen and oxygen atoms in total. The molecule has 0 unspecified atom stereocenters.